The van der Waals surface area contributed by atoms with Crippen molar-refractivity contribution < 1.29 is 13.2 Å². The third kappa shape index (κ3) is 3.90. The molecule has 0 spiro atoms. The number of nitrogens with two attached hydrogens (primary N) is 1. The number of halogens is 3. The fourth-order valence-corrected chi connectivity index (χ4v) is 2.97. The Bertz CT molecular complexity index is 489. The van der Waals surface area contributed by atoms with E-state index in [1.165, 1.54) is 13.0 Å². The Morgan fingerprint density at radius 2 is 1.71 bits per heavy atom. The molecule has 0 radical (unpaired) electrons. The van der Waals surface area contributed by atoms with E-state index >= 15 is 0 Å². The van der Waals surface area contributed by atoms with Crippen LogP contribution in [-0.2, 0) is 6.18 Å². The average Bonchev–Trinajstić information content (AvgIpc) is 2.41. The molecule has 0 saturated heterocycles. The van der Waals surface area contributed by atoms with E-state index < -0.39 is 11.7 Å². The zero-order valence-electron chi connectivity index (χ0n) is 12.6. The van der Waals surface area contributed by atoms with Crippen molar-refractivity contribution in [3.8, 4) is 0 Å². The van der Waals surface area contributed by atoms with Crippen LogP contribution >= 0.6 is 0 Å². The topological polar surface area (TPSA) is 38.0 Å². The summed E-state index contributed by atoms with van der Waals surface area (Å²) in [4.78, 5) is 0. The molecular formula is C16H23F3N2. The van der Waals surface area contributed by atoms with E-state index in [4.69, 9.17) is 5.73 Å². The first-order valence-electron chi connectivity index (χ1n) is 7.46. The van der Waals surface area contributed by atoms with E-state index in [2.05, 4.69) is 5.32 Å². The van der Waals surface area contributed by atoms with Gasteiger partial charge in [-0.15, -0.1) is 0 Å². The Balaban J connectivity index is 2.03. The minimum absolute atomic E-state index is 0.304. The van der Waals surface area contributed by atoms with Gasteiger partial charge in [0.25, 0.3) is 0 Å². The number of alkyl halides is 3. The summed E-state index contributed by atoms with van der Waals surface area (Å²) in [6.07, 6.45) is -0.0265. The zero-order valence-corrected chi connectivity index (χ0v) is 12.6. The van der Waals surface area contributed by atoms with E-state index in [1.807, 2.05) is 0 Å². The molecule has 1 saturated carbocycles. The molecule has 0 atom stereocenters. The van der Waals surface area contributed by atoms with E-state index in [0.717, 1.165) is 37.9 Å². The van der Waals surface area contributed by atoms with Crippen molar-refractivity contribution in [2.75, 3.05) is 11.9 Å². The predicted molar refractivity (Wildman–Crippen MR) is 79.3 cm³/mol. The molecular weight excluding hydrogens is 277 g/mol. The lowest BCUT2D eigenvalue weighted by molar-refractivity contribution is -0.138. The summed E-state index contributed by atoms with van der Waals surface area (Å²) in [7, 11) is 0. The number of hydrogen-bond donors (Lipinski definition) is 2. The normalized spacial score (nSPS) is 23.1. The molecule has 2 rings (SSSR count). The fraction of sp³-hybridized carbons (Fsp3) is 0.625. The van der Waals surface area contributed by atoms with E-state index in [9.17, 15) is 13.2 Å². The second-order valence-electron chi connectivity index (χ2n) is 6.07. The lowest BCUT2D eigenvalue weighted by Crippen LogP contribution is -2.29. The Morgan fingerprint density at radius 1 is 1.10 bits per heavy atom. The van der Waals surface area contributed by atoms with Crippen LogP contribution in [0.1, 0.15) is 42.4 Å². The molecule has 1 aliphatic rings. The van der Waals surface area contributed by atoms with Crippen molar-refractivity contribution in [3.63, 3.8) is 0 Å². The Morgan fingerprint density at radius 3 is 2.29 bits per heavy atom. The number of benzene rings is 1. The first-order valence-corrected chi connectivity index (χ1v) is 7.46. The van der Waals surface area contributed by atoms with E-state index in [0.29, 0.717) is 23.1 Å². The lowest BCUT2D eigenvalue weighted by atomic mass is 9.86. The molecule has 118 valence electrons. The monoisotopic (exact) mass is 300 g/mol. The van der Waals surface area contributed by atoms with Crippen LogP contribution in [0, 0.1) is 19.8 Å². The van der Waals surface area contributed by atoms with Crippen molar-refractivity contribution in [2.45, 2.75) is 51.7 Å². The van der Waals surface area contributed by atoms with Gasteiger partial charge in [-0.05, 0) is 68.7 Å². The van der Waals surface area contributed by atoms with Crippen LogP contribution in [0.3, 0.4) is 0 Å². The van der Waals surface area contributed by atoms with Gasteiger partial charge >= 0.3 is 6.18 Å². The third-order valence-electron chi connectivity index (χ3n) is 4.57. The van der Waals surface area contributed by atoms with Crippen LogP contribution < -0.4 is 11.1 Å². The number of nitrogens with one attached hydrogen (secondary N) is 1. The SMILES string of the molecule is Cc1c(NCC2CCC(N)CC2)ccc(C(F)(F)F)c1C. The summed E-state index contributed by atoms with van der Waals surface area (Å²) in [5, 5.41) is 3.31. The highest BCUT2D eigenvalue weighted by atomic mass is 19.4. The number of anilines is 1. The van der Waals surface area contributed by atoms with Gasteiger partial charge in [-0.2, -0.15) is 13.2 Å². The number of hydrogen-bond acceptors (Lipinski definition) is 2. The van der Waals surface area contributed by atoms with Crippen molar-refractivity contribution in [1.82, 2.24) is 0 Å². The third-order valence-corrected chi connectivity index (χ3v) is 4.57. The standard InChI is InChI=1S/C16H23F3N2/c1-10-11(2)15(8-7-14(10)16(17,18)19)21-9-12-3-5-13(20)6-4-12/h7-8,12-13,21H,3-6,9,20H2,1-2H3. The van der Waals surface area contributed by atoms with E-state index in [-0.39, 0.29) is 0 Å². The van der Waals surface area contributed by atoms with Gasteiger partial charge < -0.3 is 11.1 Å². The van der Waals surface area contributed by atoms with Crippen molar-refractivity contribution in [1.29, 1.82) is 0 Å². The molecule has 1 aliphatic carbocycles. The highest BCUT2D eigenvalue weighted by Crippen LogP contribution is 2.35. The maximum Gasteiger partial charge on any atom is 0.416 e. The van der Waals surface area contributed by atoms with Gasteiger partial charge in [-0.3, -0.25) is 0 Å². The predicted octanol–water partition coefficient (Wildman–Crippen LogP) is 4.25. The Kier molecular flexibility index (Phi) is 4.81. The quantitative estimate of drug-likeness (QED) is 0.875. The molecule has 5 heteroatoms. The number of rotatable bonds is 3. The van der Waals surface area contributed by atoms with Crippen molar-refractivity contribution in [3.05, 3.63) is 28.8 Å². The molecule has 0 bridgehead atoms. The van der Waals surface area contributed by atoms with Crippen molar-refractivity contribution >= 4 is 5.69 Å². The molecule has 1 aromatic rings. The molecule has 2 nitrogen and oxygen atoms in total. The van der Waals surface area contributed by atoms with Crippen LogP contribution in [0.25, 0.3) is 0 Å². The summed E-state index contributed by atoms with van der Waals surface area (Å²) < 4.78 is 38.5. The minimum atomic E-state index is -4.28. The van der Waals surface area contributed by atoms with Crippen molar-refractivity contribution in [2.24, 2.45) is 11.7 Å². The minimum Gasteiger partial charge on any atom is -0.385 e. The Labute approximate surface area is 123 Å². The highest BCUT2D eigenvalue weighted by Gasteiger charge is 2.33. The van der Waals surface area contributed by atoms with Crippen LogP contribution in [0.4, 0.5) is 18.9 Å². The lowest BCUT2D eigenvalue weighted by Gasteiger charge is -2.27. The molecule has 1 fully saturated rings. The first kappa shape index (κ1) is 16.1. The van der Waals surface area contributed by atoms with Gasteiger partial charge in [0.2, 0.25) is 0 Å². The first-order chi connectivity index (χ1) is 9.79. The zero-order chi connectivity index (χ0) is 15.6. The smallest absolute Gasteiger partial charge is 0.385 e. The summed E-state index contributed by atoms with van der Waals surface area (Å²) in [5.74, 6) is 0.562. The highest BCUT2D eigenvalue weighted by molar-refractivity contribution is 5.56. The molecule has 0 heterocycles. The maximum atomic E-state index is 12.8. The molecule has 0 aliphatic heterocycles. The molecule has 0 unspecified atom stereocenters. The second kappa shape index (κ2) is 6.26. The summed E-state index contributed by atoms with van der Waals surface area (Å²) in [6, 6.07) is 3.03. The molecule has 1 aromatic carbocycles. The van der Waals surface area contributed by atoms with Crippen LogP contribution in [0.5, 0.6) is 0 Å². The van der Waals surface area contributed by atoms with Gasteiger partial charge in [-0.25, -0.2) is 0 Å². The molecule has 0 aromatic heterocycles. The summed E-state index contributed by atoms with van der Waals surface area (Å²) in [5.41, 5.74) is 7.11. The van der Waals surface area contributed by atoms with Crippen LogP contribution in [0.2, 0.25) is 0 Å². The van der Waals surface area contributed by atoms with Crippen LogP contribution in [-0.4, -0.2) is 12.6 Å². The average molecular weight is 300 g/mol. The molecule has 0 amide bonds. The summed E-state index contributed by atoms with van der Waals surface area (Å²) in [6.45, 7) is 4.07. The summed E-state index contributed by atoms with van der Waals surface area (Å²) >= 11 is 0. The maximum absolute atomic E-state index is 12.8. The van der Waals surface area contributed by atoms with Gasteiger partial charge in [0.05, 0.1) is 5.56 Å². The Hall–Kier alpha value is -1.23. The van der Waals surface area contributed by atoms with E-state index in [1.54, 1.807) is 13.0 Å². The second-order valence-corrected chi connectivity index (χ2v) is 6.07. The molecule has 3 N–H and O–H groups in total. The van der Waals surface area contributed by atoms with Crippen LogP contribution in [0.15, 0.2) is 12.1 Å². The van der Waals surface area contributed by atoms with Gasteiger partial charge in [0.15, 0.2) is 0 Å². The van der Waals surface area contributed by atoms with Gasteiger partial charge in [0.1, 0.15) is 0 Å². The van der Waals surface area contributed by atoms with Gasteiger partial charge in [-0.1, -0.05) is 0 Å². The molecule has 21 heavy (non-hydrogen) atoms. The van der Waals surface area contributed by atoms with Gasteiger partial charge in [0, 0.05) is 18.3 Å². The fourth-order valence-electron chi connectivity index (χ4n) is 2.97. The largest absolute Gasteiger partial charge is 0.416 e.